The molecule has 0 radical (unpaired) electrons. The minimum absolute atomic E-state index is 0.250. The SMILES string of the molecule is COc1cc(OC)c(C=CS(=O)(=O)CC(c2ccccc2OC)C(C)(OC(C)=O)C(=O)O)c(OC)c1. The van der Waals surface area contributed by atoms with Crippen molar-refractivity contribution in [2.75, 3.05) is 34.2 Å². The molecular weight excluding hydrogens is 492 g/mol. The summed E-state index contributed by atoms with van der Waals surface area (Å²) < 4.78 is 53.0. The van der Waals surface area contributed by atoms with Crippen molar-refractivity contribution < 1.29 is 46.8 Å². The first-order chi connectivity index (χ1) is 16.9. The standard InChI is InChI=1S/C25H30O10S/c1-16(26)35-25(2,24(27)28)20(18-9-7-8-10-21(18)32-4)15-36(29,30)12-11-19-22(33-5)13-17(31-3)14-23(19)34-6/h7-14,20H,15H2,1-6H3,(H,27,28). The summed E-state index contributed by atoms with van der Waals surface area (Å²) in [6, 6.07) is 9.48. The van der Waals surface area contributed by atoms with E-state index in [2.05, 4.69) is 0 Å². The number of rotatable bonds is 12. The lowest BCUT2D eigenvalue weighted by Crippen LogP contribution is -2.47. The Morgan fingerprint density at radius 2 is 1.53 bits per heavy atom. The molecule has 36 heavy (non-hydrogen) atoms. The van der Waals surface area contributed by atoms with Crippen LogP contribution in [0.4, 0.5) is 0 Å². The average molecular weight is 523 g/mol. The topological polar surface area (TPSA) is 135 Å². The predicted molar refractivity (Wildman–Crippen MR) is 132 cm³/mol. The van der Waals surface area contributed by atoms with Crippen LogP contribution in [0.2, 0.25) is 0 Å². The molecule has 0 spiro atoms. The van der Waals surface area contributed by atoms with Gasteiger partial charge in [-0.1, -0.05) is 18.2 Å². The number of hydrogen-bond donors (Lipinski definition) is 1. The first-order valence-corrected chi connectivity index (χ1v) is 12.4. The number of carbonyl (C=O) groups excluding carboxylic acids is 1. The Hall–Kier alpha value is -3.73. The van der Waals surface area contributed by atoms with Gasteiger partial charge in [-0.05, 0) is 19.1 Å². The van der Waals surface area contributed by atoms with E-state index in [-0.39, 0.29) is 11.3 Å². The van der Waals surface area contributed by atoms with E-state index >= 15 is 0 Å². The monoisotopic (exact) mass is 522 g/mol. The summed E-state index contributed by atoms with van der Waals surface area (Å²) in [5, 5.41) is 10.9. The summed E-state index contributed by atoms with van der Waals surface area (Å²) >= 11 is 0. The lowest BCUT2D eigenvalue weighted by Gasteiger charge is -2.33. The number of carboxylic acids is 1. The van der Waals surface area contributed by atoms with Gasteiger partial charge in [0.2, 0.25) is 5.60 Å². The molecule has 2 unspecified atom stereocenters. The molecule has 0 heterocycles. The number of benzene rings is 2. The maximum atomic E-state index is 13.3. The summed E-state index contributed by atoms with van der Waals surface area (Å²) in [5.74, 6) is -3.11. The normalized spacial score (nSPS) is 13.9. The highest BCUT2D eigenvalue weighted by Crippen LogP contribution is 2.39. The van der Waals surface area contributed by atoms with Gasteiger partial charge < -0.3 is 28.8 Å². The van der Waals surface area contributed by atoms with Crippen molar-refractivity contribution in [1.29, 1.82) is 0 Å². The third kappa shape index (κ3) is 6.48. The van der Waals surface area contributed by atoms with Gasteiger partial charge in [0.25, 0.3) is 0 Å². The number of hydrogen-bond acceptors (Lipinski definition) is 9. The minimum atomic E-state index is -4.10. The Kier molecular flexibility index (Phi) is 9.35. The van der Waals surface area contributed by atoms with Crippen LogP contribution in [0.5, 0.6) is 23.0 Å². The number of methoxy groups -OCH3 is 4. The van der Waals surface area contributed by atoms with Crippen molar-refractivity contribution in [2.45, 2.75) is 25.4 Å². The highest BCUT2D eigenvalue weighted by molar-refractivity contribution is 7.94. The van der Waals surface area contributed by atoms with E-state index in [9.17, 15) is 23.1 Å². The molecule has 0 aliphatic rings. The first-order valence-electron chi connectivity index (χ1n) is 10.7. The molecule has 2 aromatic rings. The molecule has 0 amide bonds. The van der Waals surface area contributed by atoms with Crippen molar-refractivity contribution in [3.8, 4) is 23.0 Å². The summed E-state index contributed by atoms with van der Waals surface area (Å²) in [5.41, 5.74) is -1.63. The molecule has 11 heteroatoms. The molecule has 0 aromatic heterocycles. The molecule has 2 aromatic carbocycles. The fourth-order valence-corrected chi connectivity index (χ4v) is 5.14. The zero-order chi connectivity index (χ0) is 27.1. The molecule has 0 aliphatic carbocycles. The highest BCUT2D eigenvalue weighted by atomic mass is 32.2. The second-order valence-corrected chi connectivity index (χ2v) is 9.81. The number of esters is 1. The van der Waals surface area contributed by atoms with Gasteiger partial charge in [0.15, 0.2) is 9.84 Å². The second-order valence-electron chi connectivity index (χ2n) is 7.88. The zero-order valence-corrected chi connectivity index (χ0v) is 21.7. The van der Waals surface area contributed by atoms with Crippen molar-refractivity contribution in [3.05, 3.63) is 52.9 Å². The van der Waals surface area contributed by atoms with Crippen LogP contribution in [0.1, 0.15) is 30.9 Å². The minimum Gasteiger partial charge on any atom is -0.496 e. The summed E-state index contributed by atoms with van der Waals surface area (Å²) in [6.45, 7) is 2.21. The largest absolute Gasteiger partial charge is 0.496 e. The van der Waals surface area contributed by atoms with Crippen molar-refractivity contribution in [1.82, 2.24) is 0 Å². The maximum absolute atomic E-state index is 13.3. The molecule has 0 saturated carbocycles. The Labute approximate surface area is 210 Å². The van der Waals surface area contributed by atoms with E-state index in [1.165, 1.54) is 40.6 Å². The van der Waals surface area contributed by atoms with E-state index in [0.717, 1.165) is 19.3 Å². The molecule has 196 valence electrons. The number of carboxylic acid groups (broad SMARTS) is 1. The Morgan fingerprint density at radius 3 is 2.00 bits per heavy atom. The third-order valence-electron chi connectivity index (χ3n) is 5.55. The van der Waals surface area contributed by atoms with Crippen LogP contribution in [-0.2, 0) is 24.2 Å². The number of sulfone groups is 1. The zero-order valence-electron chi connectivity index (χ0n) is 20.9. The van der Waals surface area contributed by atoms with Gasteiger partial charge >= 0.3 is 11.9 Å². The number of aliphatic carboxylic acids is 1. The van der Waals surface area contributed by atoms with E-state index < -0.39 is 39.0 Å². The summed E-state index contributed by atoms with van der Waals surface area (Å²) in [7, 11) is 1.56. The molecule has 2 rings (SSSR count). The highest BCUT2D eigenvalue weighted by Gasteiger charge is 2.48. The predicted octanol–water partition coefficient (Wildman–Crippen LogP) is 3.30. The smallest absolute Gasteiger partial charge is 0.348 e. The number of carbonyl (C=O) groups is 2. The molecule has 1 N–H and O–H groups in total. The van der Waals surface area contributed by atoms with Crippen molar-refractivity contribution in [2.24, 2.45) is 0 Å². The summed E-state index contributed by atoms with van der Waals surface area (Å²) in [4.78, 5) is 24.1. The molecule has 10 nitrogen and oxygen atoms in total. The molecule has 0 saturated heterocycles. The number of para-hydroxylation sites is 1. The van der Waals surface area contributed by atoms with Gasteiger partial charge in [-0.3, -0.25) is 4.79 Å². The van der Waals surface area contributed by atoms with Gasteiger partial charge in [0.05, 0.1) is 45.7 Å². The Morgan fingerprint density at radius 1 is 0.972 bits per heavy atom. The molecule has 0 aliphatic heterocycles. The molecule has 0 fully saturated rings. The lowest BCUT2D eigenvalue weighted by atomic mass is 9.84. The van der Waals surface area contributed by atoms with Crippen LogP contribution >= 0.6 is 0 Å². The average Bonchev–Trinajstić information content (AvgIpc) is 2.84. The van der Waals surface area contributed by atoms with Crippen LogP contribution in [0.15, 0.2) is 41.8 Å². The van der Waals surface area contributed by atoms with Gasteiger partial charge in [0, 0.05) is 30.0 Å². The maximum Gasteiger partial charge on any atom is 0.348 e. The van der Waals surface area contributed by atoms with Crippen LogP contribution in [0.25, 0.3) is 6.08 Å². The van der Waals surface area contributed by atoms with E-state index in [0.29, 0.717) is 22.8 Å². The van der Waals surface area contributed by atoms with Crippen molar-refractivity contribution in [3.63, 3.8) is 0 Å². The van der Waals surface area contributed by atoms with E-state index in [1.807, 2.05) is 0 Å². The quantitative estimate of drug-likeness (QED) is 0.414. The molecule has 0 bridgehead atoms. The van der Waals surface area contributed by atoms with Crippen molar-refractivity contribution >= 4 is 27.9 Å². The third-order valence-corrected chi connectivity index (χ3v) is 6.90. The van der Waals surface area contributed by atoms with Gasteiger partial charge in [-0.2, -0.15) is 0 Å². The van der Waals surface area contributed by atoms with Crippen LogP contribution in [0.3, 0.4) is 0 Å². The van der Waals surface area contributed by atoms with Gasteiger partial charge in [-0.25, -0.2) is 13.2 Å². The molecule has 2 atom stereocenters. The summed E-state index contributed by atoms with van der Waals surface area (Å²) in [6.07, 6.45) is 1.29. The van der Waals surface area contributed by atoms with Crippen LogP contribution in [0, 0.1) is 0 Å². The fraction of sp³-hybridized carbons (Fsp3) is 0.360. The van der Waals surface area contributed by atoms with Gasteiger partial charge in [-0.15, -0.1) is 0 Å². The van der Waals surface area contributed by atoms with Gasteiger partial charge in [0.1, 0.15) is 23.0 Å². The molecular formula is C25H30O10S. The van der Waals surface area contributed by atoms with Crippen LogP contribution < -0.4 is 18.9 Å². The Bertz CT molecular complexity index is 1210. The fourth-order valence-electron chi connectivity index (χ4n) is 3.72. The first kappa shape index (κ1) is 28.5. The number of ether oxygens (including phenoxy) is 5. The lowest BCUT2D eigenvalue weighted by molar-refractivity contribution is -0.177. The Balaban J connectivity index is 2.62. The van der Waals surface area contributed by atoms with Crippen LogP contribution in [-0.4, -0.2) is 65.3 Å². The van der Waals surface area contributed by atoms with E-state index in [1.54, 1.807) is 30.3 Å². The van der Waals surface area contributed by atoms with E-state index in [4.69, 9.17) is 23.7 Å². The second kappa shape index (κ2) is 11.8.